The molecule has 0 radical (unpaired) electrons. The Kier molecular flexibility index (Phi) is 2.18. The Balaban J connectivity index is 2.20. The lowest BCUT2D eigenvalue weighted by atomic mass is 9.97. The fraction of sp³-hybridized carbons (Fsp3) is 0.286. The average molecular weight is 216 g/mol. The van der Waals surface area contributed by atoms with Gasteiger partial charge in [0.05, 0.1) is 6.10 Å². The molecule has 1 fully saturated rings. The zero-order chi connectivity index (χ0) is 11.1. The van der Waals surface area contributed by atoms with Crippen LogP contribution in [0.2, 0.25) is 0 Å². The van der Waals surface area contributed by atoms with Gasteiger partial charge in [-0.3, -0.25) is 0 Å². The second-order valence-electron chi connectivity index (χ2n) is 4.46. The maximum Gasteiger partial charge on any atom is 0.131 e. The minimum atomic E-state index is -0.439. The number of hydrogen-bond donors (Lipinski definition) is 1. The molecule has 2 heteroatoms. The quantitative estimate of drug-likeness (QED) is 0.815. The minimum Gasteiger partial charge on any atom is -0.388 e. The molecule has 1 saturated carbocycles. The molecule has 0 saturated heterocycles. The van der Waals surface area contributed by atoms with Gasteiger partial charge in [-0.15, -0.1) is 0 Å². The molecule has 1 atom stereocenters. The van der Waals surface area contributed by atoms with E-state index in [0.717, 1.165) is 23.8 Å². The van der Waals surface area contributed by atoms with Gasteiger partial charge in [0.25, 0.3) is 0 Å². The largest absolute Gasteiger partial charge is 0.388 e. The Morgan fingerprint density at radius 2 is 1.75 bits per heavy atom. The van der Waals surface area contributed by atoms with Gasteiger partial charge in [0, 0.05) is 5.39 Å². The average Bonchev–Trinajstić information content (AvgIpc) is 3.13. The fourth-order valence-electron chi connectivity index (χ4n) is 2.21. The van der Waals surface area contributed by atoms with Gasteiger partial charge in [0.1, 0.15) is 5.82 Å². The summed E-state index contributed by atoms with van der Waals surface area (Å²) in [6.07, 6.45) is 1.71. The van der Waals surface area contributed by atoms with Crippen molar-refractivity contribution in [2.75, 3.05) is 0 Å². The number of rotatable bonds is 2. The van der Waals surface area contributed by atoms with Crippen molar-refractivity contribution in [3.05, 3.63) is 47.8 Å². The molecule has 1 aliphatic carbocycles. The van der Waals surface area contributed by atoms with Crippen molar-refractivity contribution in [2.24, 2.45) is 5.92 Å². The van der Waals surface area contributed by atoms with Crippen LogP contribution < -0.4 is 0 Å². The molecule has 1 unspecified atom stereocenters. The minimum absolute atomic E-state index is 0.220. The van der Waals surface area contributed by atoms with Crippen LogP contribution in [0.1, 0.15) is 24.5 Å². The predicted octanol–water partition coefficient (Wildman–Crippen LogP) is 3.42. The molecule has 2 aromatic rings. The Hall–Kier alpha value is -1.41. The van der Waals surface area contributed by atoms with Crippen molar-refractivity contribution in [3.63, 3.8) is 0 Å². The zero-order valence-corrected chi connectivity index (χ0v) is 8.86. The molecule has 1 N–H and O–H groups in total. The Morgan fingerprint density at radius 1 is 1.06 bits per heavy atom. The second kappa shape index (κ2) is 3.56. The number of fused-ring (bicyclic) bond motifs is 1. The highest BCUT2D eigenvalue weighted by molar-refractivity contribution is 5.86. The number of aliphatic hydroxyl groups excluding tert-OH is 1. The van der Waals surface area contributed by atoms with Gasteiger partial charge in [-0.25, -0.2) is 4.39 Å². The van der Waals surface area contributed by atoms with Crippen molar-refractivity contribution in [1.29, 1.82) is 0 Å². The Morgan fingerprint density at radius 3 is 2.44 bits per heavy atom. The first kappa shape index (κ1) is 9.79. The van der Waals surface area contributed by atoms with Crippen LogP contribution >= 0.6 is 0 Å². The summed E-state index contributed by atoms with van der Waals surface area (Å²) in [5.41, 5.74) is 0.861. The van der Waals surface area contributed by atoms with E-state index in [-0.39, 0.29) is 5.82 Å². The van der Waals surface area contributed by atoms with Gasteiger partial charge >= 0.3 is 0 Å². The Labute approximate surface area is 93.5 Å². The van der Waals surface area contributed by atoms with Crippen molar-refractivity contribution < 1.29 is 9.50 Å². The van der Waals surface area contributed by atoms with E-state index in [1.165, 1.54) is 6.07 Å². The SMILES string of the molecule is OC(c1ccc(F)c2ccccc12)C1CC1. The smallest absolute Gasteiger partial charge is 0.131 e. The van der Waals surface area contributed by atoms with Gasteiger partial charge in [0.2, 0.25) is 0 Å². The maximum atomic E-state index is 13.6. The van der Waals surface area contributed by atoms with E-state index >= 15 is 0 Å². The summed E-state index contributed by atoms with van der Waals surface area (Å²) in [7, 11) is 0. The summed E-state index contributed by atoms with van der Waals surface area (Å²) >= 11 is 0. The van der Waals surface area contributed by atoms with E-state index in [0.29, 0.717) is 11.3 Å². The van der Waals surface area contributed by atoms with Crippen LogP contribution in [-0.4, -0.2) is 5.11 Å². The van der Waals surface area contributed by atoms with Crippen LogP contribution in [0.3, 0.4) is 0 Å². The normalized spacial score (nSPS) is 17.6. The molecule has 0 aromatic heterocycles. The highest BCUT2D eigenvalue weighted by atomic mass is 19.1. The van der Waals surface area contributed by atoms with Crippen molar-refractivity contribution in [1.82, 2.24) is 0 Å². The molecule has 16 heavy (non-hydrogen) atoms. The Bertz CT molecular complexity index is 531. The summed E-state index contributed by atoms with van der Waals surface area (Å²) in [5.74, 6) is 0.149. The van der Waals surface area contributed by atoms with E-state index in [2.05, 4.69) is 0 Å². The summed E-state index contributed by atoms with van der Waals surface area (Å²) in [5, 5.41) is 11.6. The predicted molar refractivity (Wildman–Crippen MR) is 61.6 cm³/mol. The first-order valence-electron chi connectivity index (χ1n) is 5.62. The van der Waals surface area contributed by atoms with Crippen LogP contribution in [0.25, 0.3) is 10.8 Å². The van der Waals surface area contributed by atoms with Crippen LogP contribution in [0.4, 0.5) is 4.39 Å². The molecule has 2 aromatic carbocycles. The molecule has 0 aliphatic heterocycles. The summed E-state index contributed by atoms with van der Waals surface area (Å²) in [6.45, 7) is 0. The van der Waals surface area contributed by atoms with Gasteiger partial charge in [0.15, 0.2) is 0 Å². The van der Waals surface area contributed by atoms with E-state index in [9.17, 15) is 9.50 Å². The first-order chi connectivity index (χ1) is 7.77. The van der Waals surface area contributed by atoms with Gasteiger partial charge < -0.3 is 5.11 Å². The molecular weight excluding hydrogens is 203 g/mol. The van der Waals surface area contributed by atoms with E-state index in [4.69, 9.17) is 0 Å². The molecule has 3 rings (SSSR count). The molecule has 1 nitrogen and oxygen atoms in total. The molecule has 1 aliphatic rings. The third-order valence-corrected chi connectivity index (χ3v) is 3.29. The molecule has 0 bridgehead atoms. The van der Waals surface area contributed by atoms with Crippen molar-refractivity contribution in [2.45, 2.75) is 18.9 Å². The lowest BCUT2D eigenvalue weighted by Crippen LogP contribution is -2.01. The maximum absolute atomic E-state index is 13.6. The second-order valence-corrected chi connectivity index (χ2v) is 4.46. The third-order valence-electron chi connectivity index (χ3n) is 3.29. The number of aliphatic hydroxyl groups is 1. The molecule has 0 amide bonds. The van der Waals surface area contributed by atoms with Crippen LogP contribution in [0, 0.1) is 11.7 Å². The van der Waals surface area contributed by atoms with Gasteiger partial charge in [-0.2, -0.15) is 0 Å². The zero-order valence-electron chi connectivity index (χ0n) is 8.86. The summed E-state index contributed by atoms with van der Waals surface area (Å²) < 4.78 is 13.6. The number of benzene rings is 2. The van der Waals surface area contributed by atoms with Gasteiger partial charge in [-0.1, -0.05) is 30.3 Å². The lowest BCUT2D eigenvalue weighted by molar-refractivity contribution is 0.155. The van der Waals surface area contributed by atoms with Crippen molar-refractivity contribution >= 4 is 10.8 Å². The molecule has 0 spiro atoms. The monoisotopic (exact) mass is 216 g/mol. The standard InChI is InChI=1S/C14H13FO/c15-13-8-7-12(14(16)9-5-6-9)10-3-1-2-4-11(10)13/h1-4,7-9,14,16H,5-6H2. The topological polar surface area (TPSA) is 20.2 Å². The molecular formula is C14H13FO. The summed E-state index contributed by atoms with van der Waals surface area (Å²) in [6, 6.07) is 10.5. The van der Waals surface area contributed by atoms with Crippen LogP contribution in [-0.2, 0) is 0 Å². The lowest BCUT2D eigenvalue weighted by Gasteiger charge is -2.13. The van der Waals surface area contributed by atoms with E-state index in [1.54, 1.807) is 12.1 Å². The fourth-order valence-corrected chi connectivity index (χ4v) is 2.21. The van der Waals surface area contributed by atoms with E-state index in [1.807, 2.05) is 18.2 Å². The molecule has 0 heterocycles. The van der Waals surface area contributed by atoms with Crippen LogP contribution in [0.5, 0.6) is 0 Å². The third kappa shape index (κ3) is 1.50. The first-order valence-corrected chi connectivity index (χ1v) is 5.62. The molecule has 82 valence electrons. The van der Waals surface area contributed by atoms with E-state index < -0.39 is 6.10 Å². The highest BCUT2D eigenvalue weighted by Crippen LogP contribution is 2.42. The number of halogens is 1. The summed E-state index contributed by atoms with van der Waals surface area (Å²) in [4.78, 5) is 0. The highest BCUT2D eigenvalue weighted by Gasteiger charge is 2.31. The van der Waals surface area contributed by atoms with Crippen molar-refractivity contribution in [3.8, 4) is 0 Å². The van der Waals surface area contributed by atoms with Gasteiger partial charge in [-0.05, 0) is 35.8 Å². The van der Waals surface area contributed by atoms with Crippen LogP contribution in [0.15, 0.2) is 36.4 Å². The number of hydrogen-bond acceptors (Lipinski definition) is 1.